The summed E-state index contributed by atoms with van der Waals surface area (Å²) >= 11 is 0. The van der Waals surface area contributed by atoms with Crippen molar-refractivity contribution in [1.82, 2.24) is 40.2 Å². The van der Waals surface area contributed by atoms with Crippen LogP contribution in [0.3, 0.4) is 0 Å². The van der Waals surface area contributed by atoms with E-state index in [9.17, 15) is 0 Å². The Morgan fingerprint density at radius 3 is 3.04 bits per heavy atom. The van der Waals surface area contributed by atoms with Crippen molar-refractivity contribution in [3.8, 4) is 0 Å². The van der Waals surface area contributed by atoms with Gasteiger partial charge >= 0.3 is 0 Å². The molecule has 1 atom stereocenters. The third-order valence-corrected chi connectivity index (χ3v) is 4.12. The molecule has 0 spiro atoms. The van der Waals surface area contributed by atoms with E-state index in [1.807, 2.05) is 23.2 Å². The van der Waals surface area contributed by atoms with Crippen molar-refractivity contribution in [2.45, 2.75) is 38.9 Å². The summed E-state index contributed by atoms with van der Waals surface area (Å²) in [6, 6.07) is 0.261. The second-order valence-electron chi connectivity index (χ2n) is 5.80. The van der Waals surface area contributed by atoms with Crippen LogP contribution in [0.2, 0.25) is 0 Å². The minimum absolute atomic E-state index is 0. The molecule has 3 rings (SSSR count). The van der Waals surface area contributed by atoms with Crippen LogP contribution in [0.15, 0.2) is 24.0 Å². The normalized spacial score (nSPS) is 16.7. The lowest BCUT2D eigenvalue weighted by molar-refractivity contribution is 0.393. The number of guanidine groups is 1. The molecule has 1 aliphatic rings. The van der Waals surface area contributed by atoms with Gasteiger partial charge in [-0.25, -0.2) is 14.7 Å². The fourth-order valence-corrected chi connectivity index (χ4v) is 2.61. The molecular weight excluding hydrogens is 433 g/mol. The van der Waals surface area contributed by atoms with Crippen LogP contribution in [-0.2, 0) is 26.6 Å². The number of nitrogens with zero attached hydrogens (tertiary/aromatic N) is 7. The Bertz CT molecular complexity index is 733. The van der Waals surface area contributed by atoms with Gasteiger partial charge in [-0.2, -0.15) is 5.10 Å². The van der Waals surface area contributed by atoms with E-state index in [-0.39, 0.29) is 30.0 Å². The average molecular weight is 457 g/mol. The molecule has 1 aliphatic heterocycles. The first-order valence-electron chi connectivity index (χ1n) is 8.04. The highest BCUT2D eigenvalue weighted by atomic mass is 127. The van der Waals surface area contributed by atoms with Crippen molar-refractivity contribution >= 4 is 29.9 Å². The highest BCUT2D eigenvalue weighted by Crippen LogP contribution is 2.11. The molecule has 2 aromatic rings. The number of rotatable bonds is 5. The highest BCUT2D eigenvalue weighted by molar-refractivity contribution is 14.0. The summed E-state index contributed by atoms with van der Waals surface area (Å²) in [5.41, 5.74) is 0. The van der Waals surface area contributed by atoms with Crippen molar-refractivity contribution in [2.24, 2.45) is 12.0 Å². The second-order valence-corrected chi connectivity index (χ2v) is 5.80. The van der Waals surface area contributed by atoms with E-state index in [0.717, 1.165) is 42.8 Å². The second kappa shape index (κ2) is 8.92. The first-order chi connectivity index (χ1) is 11.7. The molecule has 2 N–H and O–H groups in total. The lowest BCUT2D eigenvalue weighted by atomic mass is 10.1. The molecule has 25 heavy (non-hydrogen) atoms. The van der Waals surface area contributed by atoms with Gasteiger partial charge in [0.1, 0.15) is 24.5 Å². The molecule has 0 saturated heterocycles. The van der Waals surface area contributed by atoms with Crippen molar-refractivity contribution in [1.29, 1.82) is 0 Å². The number of fused-ring (bicyclic) bond motifs is 1. The molecule has 3 heterocycles. The van der Waals surface area contributed by atoms with E-state index in [2.05, 4.69) is 42.5 Å². The number of aromatic nitrogens is 6. The zero-order valence-corrected chi connectivity index (χ0v) is 16.8. The smallest absolute Gasteiger partial charge is 0.192 e. The lowest BCUT2D eigenvalue weighted by Crippen LogP contribution is -2.47. The van der Waals surface area contributed by atoms with Gasteiger partial charge in [-0.3, -0.25) is 0 Å². The predicted octanol–water partition coefficient (Wildman–Crippen LogP) is 0.569. The molecule has 0 saturated carbocycles. The average Bonchev–Trinajstić information content (AvgIpc) is 3.17. The van der Waals surface area contributed by atoms with Gasteiger partial charge in [-0.15, -0.1) is 40.8 Å². The maximum absolute atomic E-state index is 4.62. The molecule has 10 heteroatoms. The van der Waals surface area contributed by atoms with Crippen LogP contribution in [0, 0.1) is 6.92 Å². The number of hydrogen-bond acceptors (Lipinski definition) is 5. The zero-order valence-electron chi connectivity index (χ0n) is 14.5. The van der Waals surface area contributed by atoms with Crippen molar-refractivity contribution in [3.63, 3.8) is 0 Å². The van der Waals surface area contributed by atoms with E-state index in [0.29, 0.717) is 13.1 Å². The SMILES string of the molecule is C=CCNC(=NCc1nnc(C)n1C)NC1CCc2ncnn2C1.I. The monoisotopic (exact) mass is 457 g/mol. The molecule has 1 unspecified atom stereocenters. The van der Waals surface area contributed by atoms with E-state index in [1.54, 1.807) is 12.4 Å². The van der Waals surface area contributed by atoms with Crippen LogP contribution >= 0.6 is 24.0 Å². The van der Waals surface area contributed by atoms with Gasteiger partial charge in [0.05, 0.1) is 6.54 Å². The highest BCUT2D eigenvalue weighted by Gasteiger charge is 2.20. The fraction of sp³-hybridized carbons (Fsp3) is 0.533. The van der Waals surface area contributed by atoms with Gasteiger partial charge in [0.25, 0.3) is 0 Å². The van der Waals surface area contributed by atoms with E-state index < -0.39 is 0 Å². The molecule has 0 aliphatic carbocycles. The van der Waals surface area contributed by atoms with Crippen LogP contribution in [0.25, 0.3) is 0 Å². The summed E-state index contributed by atoms with van der Waals surface area (Å²) in [7, 11) is 1.94. The molecule has 0 radical (unpaired) electrons. The largest absolute Gasteiger partial charge is 0.353 e. The molecule has 136 valence electrons. The van der Waals surface area contributed by atoms with Gasteiger partial charge < -0.3 is 15.2 Å². The Hall–Kier alpha value is -1.98. The Balaban J connectivity index is 0.00000225. The minimum Gasteiger partial charge on any atom is -0.353 e. The van der Waals surface area contributed by atoms with E-state index in [1.165, 1.54) is 0 Å². The number of halogens is 1. The Labute approximate surface area is 164 Å². The quantitative estimate of drug-likeness (QED) is 0.295. The lowest BCUT2D eigenvalue weighted by Gasteiger charge is -2.25. The molecule has 0 amide bonds. The van der Waals surface area contributed by atoms with Crippen LogP contribution < -0.4 is 10.6 Å². The van der Waals surface area contributed by atoms with Crippen molar-refractivity contribution in [3.05, 3.63) is 36.5 Å². The van der Waals surface area contributed by atoms with Gasteiger partial charge in [0, 0.05) is 26.1 Å². The molecule has 2 aromatic heterocycles. The maximum Gasteiger partial charge on any atom is 0.192 e. The molecule has 0 fully saturated rings. The topological polar surface area (TPSA) is 97.8 Å². The van der Waals surface area contributed by atoms with E-state index in [4.69, 9.17) is 0 Å². The number of hydrogen-bond donors (Lipinski definition) is 2. The summed E-state index contributed by atoms with van der Waals surface area (Å²) in [6.07, 6.45) is 5.32. The van der Waals surface area contributed by atoms with Crippen LogP contribution in [-0.4, -0.2) is 48.1 Å². The summed E-state index contributed by atoms with van der Waals surface area (Å²) in [5, 5.41) is 19.2. The van der Waals surface area contributed by atoms with E-state index >= 15 is 0 Å². The van der Waals surface area contributed by atoms with Gasteiger partial charge in [0.15, 0.2) is 11.8 Å². The Morgan fingerprint density at radius 1 is 1.48 bits per heavy atom. The van der Waals surface area contributed by atoms with Crippen LogP contribution in [0.5, 0.6) is 0 Å². The number of aryl methyl sites for hydroxylation is 2. The van der Waals surface area contributed by atoms with Crippen molar-refractivity contribution < 1.29 is 0 Å². The summed E-state index contributed by atoms with van der Waals surface area (Å²) in [6.45, 7) is 7.56. The third-order valence-electron chi connectivity index (χ3n) is 4.12. The van der Waals surface area contributed by atoms with Gasteiger partial charge in [-0.1, -0.05) is 6.08 Å². The summed E-state index contributed by atoms with van der Waals surface area (Å²) < 4.78 is 3.88. The molecule has 0 aromatic carbocycles. The van der Waals surface area contributed by atoms with Crippen molar-refractivity contribution in [2.75, 3.05) is 6.54 Å². The molecular formula is C15H24IN9. The summed E-state index contributed by atoms with van der Waals surface area (Å²) in [4.78, 5) is 8.88. The summed E-state index contributed by atoms with van der Waals surface area (Å²) in [5.74, 6) is 3.48. The maximum atomic E-state index is 4.62. The Morgan fingerprint density at radius 2 is 2.32 bits per heavy atom. The number of nitrogens with one attached hydrogen (secondary N) is 2. The Kier molecular flexibility index (Phi) is 6.91. The predicted molar refractivity (Wildman–Crippen MR) is 106 cm³/mol. The third kappa shape index (κ3) is 4.77. The van der Waals surface area contributed by atoms with Gasteiger partial charge in [0.2, 0.25) is 0 Å². The van der Waals surface area contributed by atoms with Crippen LogP contribution in [0.4, 0.5) is 0 Å². The fourth-order valence-electron chi connectivity index (χ4n) is 2.61. The minimum atomic E-state index is 0. The standard InChI is InChI=1S/C15H23N9.HI/c1-4-7-16-15(17-8-14-22-21-11(2)23(14)3)20-12-5-6-13-18-10-19-24(13)9-12;/h4,10,12H,1,5-9H2,2-3H3,(H2,16,17,20);1H. The zero-order chi connectivity index (χ0) is 16.9. The molecule has 9 nitrogen and oxygen atoms in total. The number of aliphatic imine (C=N–C) groups is 1. The van der Waals surface area contributed by atoms with Gasteiger partial charge in [-0.05, 0) is 13.3 Å². The first-order valence-corrected chi connectivity index (χ1v) is 8.04. The first kappa shape index (κ1) is 19.3. The van der Waals surface area contributed by atoms with Crippen LogP contribution in [0.1, 0.15) is 23.9 Å². The molecule has 0 bridgehead atoms.